The Hall–Kier alpha value is -1.67. The van der Waals surface area contributed by atoms with E-state index in [4.69, 9.17) is 0 Å². The average Bonchev–Trinajstić information content (AvgIpc) is 3.00. The third-order valence-electron chi connectivity index (χ3n) is 3.47. The fourth-order valence-electron chi connectivity index (χ4n) is 2.62. The summed E-state index contributed by atoms with van der Waals surface area (Å²) in [5.74, 6) is 1.13. The van der Waals surface area contributed by atoms with E-state index < -0.39 is 0 Å². The van der Waals surface area contributed by atoms with Crippen LogP contribution in [0.2, 0.25) is 0 Å². The predicted molar refractivity (Wildman–Crippen MR) is 74.0 cm³/mol. The van der Waals surface area contributed by atoms with Gasteiger partial charge in [-0.15, -0.1) is 0 Å². The lowest BCUT2D eigenvalue weighted by atomic mass is 10.1. The maximum Gasteiger partial charge on any atom is 0.373 e. The highest BCUT2D eigenvalue weighted by Crippen LogP contribution is 2.33. The third-order valence-corrected chi connectivity index (χ3v) is 4.23. The van der Waals surface area contributed by atoms with Crippen LogP contribution in [0.4, 0.5) is 11.6 Å². The van der Waals surface area contributed by atoms with Crippen molar-refractivity contribution in [1.82, 2.24) is 14.7 Å². The first kappa shape index (κ1) is 12.4. The summed E-state index contributed by atoms with van der Waals surface area (Å²) in [4.78, 5) is 18.1. The van der Waals surface area contributed by atoms with E-state index in [0.29, 0.717) is 16.7 Å². The van der Waals surface area contributed by atoms with Crippen molar-refractivity contribution >= 4 is 27.9 Å². The van der Waals surface area contributed by atoms with Gasteiger partial charge in [-0.25, -0.2) is 0 Å². The zero-order valence-electron chi connectivity index (χ0n) is 10.6. The minimum absolute atomic E-state index is 0.0846. The van der Waals surface area contributed by atoms with Gasteiger partial charge in [0.1, 0.15) is 6.20 Å². The first-order chi connectivity index (χ1) is 9.20. The molecule has 3 rings (SSSR count). The zero-order valence-corrected chi connectivity index (χ0v) is 11.4. The van der Waals surface area contributed by atoms with Crippen molar-refractivity contribution in [2.75, 3.05) is 31.6 Å². The Morgan fingerprint density at radius 2 is 2.53 bits per heavy atom. The zero-order chi connectivity index (χ0) is 13.4. The number of hydrogen-bond acceptors (Lipinski definition) is 6. The van der Waals surface area contributed by atoms with E-state index in [0.717, 1.165) is 26.1 Å². The standard InChI is InChI=1S/C11H15N5O2S/c1-12-6-8-2-3-14(7-8)9-10(16(17)18)15-4-5-19-11(15)13-9/h4-5,8,12H,2-3,6-7H2,1H3. The quantitative estimate of drug-likeness (QED) is 0.676. The molecule has 1 unspecified atom stereocenters. The fourth-order valence-corrected chi connectivity index (χ4v) is 3.33. The van der Waals surface area contributed by atoms with Crippen molar-refractivity contribution in [3.63, 3.8) is 0 Å². The van der Waals surface area contributed by atoms with Crippen LogP contribution in [0.1, 0.15) is 6.42 Å². The number of imidazole rings is 1. The van der Waals surface area contributed by atoms with Gasteiger partial charge in [0, 0.05) is 18.5 Å². The van der Waals surface area contributed by atoms with Crippen LogP contribution in [0.5, 0.6) is 0 Å². The van der Waals surface area contributed by atoms with Crippen molar-refractivity contribution in [1.29, 1.82) is 0 Å². The van der Waals surface area contributed by atoms with Crippen LogP contribution < -0.4 is 10.2 Å². The normalized spacial score (nSPS) is 19.4. The summed E-state index contributed by atoms with van der Waals surface area (Å²) < 4.78 is 1.56. The molecule has 102 valence electrons. The van der Waals surface area contributed by atoms with Crippen LogP contribution >= 0.6 is 11.3 Å². The molecule has 1 fully saturated rings. The van der Waals surface area contributed by atoms with E-state index in [-0.39, 0.29) is 10.7 Å². The molecule has 19 heavy (non-hydrogen) atoms. The second kappa shape index (κ2) is 4.78. The van der Waals surface area contributed by atoms with Gasteiger partial charge in [-0.1, -0.05) is 11.3 Å². The highest BCUT2D eigenvalue weighted by molar-refractivity contribution is 7.15. The van der Waals surface area contributed by atoms with Crippen molar-refractivity contribution in [2.45, 2.75) is 6.42 Å². The second-order valence-electron chi connectivity index (χ2n) is 4.73. The highest BCUT2D eigenvalue weighted by atomic mass is 32.1. The van der Waals surface area contributed by atoms with Gasteiger partial charge in [-0.05, 0) is 30.9 Å². The molecule has 1 atom stereocenters. The molecule has 0 amide bonds. The monoisotopic (exact) mass is 281 g/mol. The first-order valence-corrected chi connectivity index (χ1v) is 7.08. The van der Waals surface area contributed by atoms with Crippen molar-refractivity contribution in [2.24, 2.45) is 5.92 Å². The summed E-state index contributed by atoms with van der Waals surface area (Å²) >= 11 is 1.42. The molecule has 0 aliphatic carbocycles. The Morgan fingerprint density at radius 1 is 1.68 bits per heavy atom. The van der Waals surface area contributed by atoms with Gasteiger partial charge in [0.25, 0.3) is 4.96 Å². The van der Waals surface area contributed by atoms with Crippen LogP contribution in [-0.2, 0) is 0 Å². The first-order valence-electron chi connectivity index (χ1n) is 6.20. The topological polar surface area (TPSA) is 75.7 Å². The third kappa shape index (κ3) is 2.06. The number of thiazole rings is 1. The summed E-state index contributed by atoms with van der Waals surface area (Å²) in [5.41, 5.74) is 0. The molecule has 0 spiro atoms. The van der Waals surface area contributed by atoms with Crippen LogP contribution in [0.15, 0.2) is 11.6 Å². The molecule has 7 nitrogen and oxygen atoms in total. The minimum Gasteiger partial charge on any atom is -0.358 e. The number of rotatable bonds is 4. The summed E-state index contributed by atoms with van der Waals surface area (Å²) in [6, 6.07) is 0. The number of nitrogens with zero attached hydrogens (tertiary/aromatic N) is 4. The number of hydrogen-bond donors (Lipinski definition) is 1. The lowest BCUT2D eigenvalue weighted by Crippen LogP contribution is -2.25. The van der Waals surface area contributed by atoms with Crippen LogP contribution in [0.25, 0.3) is 4.96 Å². The molecule has 0 bridgehead atoms. The average molecular weight is 281 g/mol. The Bertz CT molecular complexity index is 607. The SMILES string of the molecule is CNCC1CCN(c2nc3sccn3c2[N+](=O)[O-])C1. The van der Waals surface area contributed by atoms with Crippen molar-refractivity contribution < 1.29 is 4.92 Å². The Morgan fingerprint density at radius 3 is 3.26 bits per heavy atom. The number of nitro groups is 1. The van der Waals surface area contributed by atoms with E-state index in [2.05, 4.69) is 10.3 Å². The Kier molecular flexibility index (Phi) is 3.11. The number of fused-ring (bicyclic) bond motifs is 1. The molecule has 3 heterocycles. The Labute approximate surface area is 114 Å². The molecular formula is C11H15N5O2S. The molecule has 0 radical (unpaired) electrons. The van der Waals surface area contributed by atoms with Gasteiger partial charge in [0.05, 0.1) is 0 Å². The highest BCUT2D eigenvalue weighted by Gasteiger charge is 2.32. The van der Waals surface area contributed by atoms with Gasteiger partial charge < -0.3 is 20.3 Å². The van der Waals surface area contributed by atoms with Crippen molar-refractivity contribution in [3.8, 4) is 0 Å². The maximum atomic E-state index is 11.3. The molecular weight excluding hydrogens is 266 g/mol. The van der Waals surface area contributed by atoms with Crippen LogP contribution in [-0.4, -0.2) is 41.0 Å². The predicted octanol–water partition coefficient (Wildman–Crippen LogP) is 1.35. The molecule has 0 aromatic carbocycles. The number of aromatic nitrogens is 2. The second-order valence-corrected chi connectivity index (χ2v) is 5.60. The lowest BCUT2D eigenvalue weighted by molar-refractivity contribution is -0.389. The van der Waals surface area contributed by atoms with E-state index in [1.165, 1.54) is 11.3 Å². The maximum absolute atomic E-state index is 11.3. The fraction of sp³-hybridized carbons (Fsp3) is 0.545. The van der Waals surface area contributed by atoms with Gasteiger partial charge in [0.15, 0.2) is 0 Å². The number of nitrogens with one attached hydrogen (secondary N) is 1. The summed E-state index contributed by atoms with van der Waals surface area (Å²) in [6.07, 6.45) is 2.75. The van der Waals surface area contributed by atoms with Gasteiger partial charge in [0.2, 0.25) is 5.82 Å². The van der Waals surface area contributed by atoms with E-state index in [9.17, 15) is 10.1 Å². The van der Waals surface area contributed by atoms with E-state index in [1.54, 1.807) is 10.6 Å². The molecule has 1 N–H and O–H groups in total. The summed E-state index contributed by atoms with van der Waals surface area (Å²) in [5, 5.41) is 16.2. The summed E-state index contributed by atoms with van der Waals surface area (Å²) in [6.45, 7) is 2.59. The molecule has 1 aliphatic heterocycles. The van der Waals surface area contributed by atoms with E-state index in [1.807, 2.05) is 17.3 Å². The van der Waals surface area contributed by atoms with Crippen LogP contribution in [0, 0.1) is 16.0 Å². The molecule has 0 saturated carbocycles. The number of anilines is 1. The van der Waals surface area contributed by atoms with E-state index >= 15 is 0 Å². The molecule has 8 heteroatoms. The molecule has 1 saturated heterocycles. The molecule has 1 aliphatic rings. The molecule has 2 aromatic heterocycles. The van der Waals surface area contributed by atoms with Gasteiger partial charge >= 0.3 is 5.82 Å². The Balaban J connectivity index is 1.94. The summed E-state index contributed by atoms with van der Waals surface area (Å²) in [7, 11) is 1.93. The minimum atomic E-state index is -0.340. The smallest absolute Gasteiger partial charge is 0.358 e. The van der Waals surface area contributed by atoms with Gasteiger partial charge in [-0.2, -0.15) is 9.38 Å². The molecule has 2 aromatic rings. The van der Waals surface area contributed by atoms with Crippen LogP contribution in [0.3, 0.4) is 0 Å². The largest absolute Gasteiger partial charge is 0.373 e. The van der Waals surface area contributed by atoms with Gasteiger partial charge in [-0.3, -0.25) is 0 Å². The van der Waals surface area contributed by atoms with Crippen molar-refractivity contribution in [3.05, 3.63) is 21.7 Å². The lowest BCUT2D eigenvalue weighted by Gasteiger charge is -2.15.